The number of piperazine rings is 1. The Hall–Kier alpha value is -3.79. The quantitative estimate of drug-likeness (QED) is 0.630. The molecule has 2 aromatic carbocycles. The number of nitrogens with one attached hydrogen (secondary N) is 1. The molecule has 1 saturated carbocycles. The van der Waals surface area contributed by atoms with E-state index in [1.54, 1.807) is 29.2 Å². The average molecular weight is 535 g/mol. The molecule has 4 aliphatic rings. The summed E-state index contributed by atoms with van der Waals surface area (Å²) in [5.41, 5.74) is 2.33. The van der Waals surface area contributed by atoms with Gasteiger partial charge >= 0.3 is 0 Å². The van der Waals surface area contributed by atoms with Gasteiger partial charge in [0.1, 0.15) is 0 Å². The fourth-order valence-electron chi connectivity index (χ4n) is 5.84. The molecule has 1 aliphatic carbocycles. The summed E-state index contributed by atoms with van der Waals surface area (Å²) >= 11 is 0. The van der Waals surface area contributed by atoms with E-state index in [0.29, 0.717) is 80.8 Å². The lowest BCUT2D eigenvalue weighted by Crippen LogP contribution is -2.50. The molecule has 0 aromatic heterocycles. The second-order valence-electron chi connectivity index (χ2n) is 10.5. The van der Waals surface area contributed by atoms with E-state index in [-0.39, 0.29) is 30.4 Å². The molecule has 206 valence electrons. The van der Waals surface area contributed by atoms with Crippen LogP contribution < -0.4 is 19.7 Å². The van der Waals surface area contributed by atoms with E-state index in [1.165, 1.54) is 0 Å². The van der Waals surface area contributed by atoms with Crippen molar-refractivity contribution < 1.29 is 28.6 Å². The summed E-state index contributed by atoms with van der Waals surface area (Å²) in [7, 11) is 0. The van der Waals surface area contributed by atoms with Crippen molar-refractivity contribution in [2.24, 2.45) is 5.92 Å². The minimum absolute atomic E-state index is 0.0862. The second-order valence-corrected chi connectivity index (χ2v) is 10.5. The molecule has 2 saturated heterocycles. The van der Waals surface area contributed by atoms with Crippen LogP contribution in [0, 0.1) is 5.92 Å². The van der Waals surface area contributed by atoms with Crippen molar-refractivity contribution in [2.75, 3.05) is 69.5 Å². The first-order valence-electron chi connectivity index (χ1n) is 13.8. The van der Waals surface area contributed by atoms with Crippen LogP contribution in [0.25, 0.3) is 0 Å². The molecule has 0 radical (unpaired) electrons. The summed E-state index contributed by atoms with van der Waals surface area (Å²) in [6.45, 7) is 4.79. The van der Waals surface area contributed by atoms with Crippen LogP contribution >= 0.6 is 0 Å². The first kappa shape index (κ1) is 25.5. The second kappa shape index (κ2) is 11.1. The molecule has 3 aliphatic heterocycles. The third-order valence-corrected chi connectivity index (χ3v) is 8.05. The van der Waals surface area contributed by atoms with Crippen LogP contribution in [0.2, 0.25) is 0 Å². The minimum Gasteiger partial charge on any atom is -0.454 e. The van der Waals surface area contributed by atoms with Gasteiger partial charge in [0.25, 0.3) is 11.8 Å². The van der Waals surface area contributed by atoms with Crippen LogP contribution in [-0.4, -0.2) is 86.8 Å². The van der Waals surface area contributed by atoms with E-state index >= 15 is 0 Å². The number of amides is 3. The molecule has 0 atom stereocenters. The van der Waals surface area contributed by atoms with Crippen LogP contribution in [0.5, 0.6) is 11.5 Å². The van der Waals surface area contributed by atoms with Gasteiger partial charge in [-0.2, -0.15) is 0 Å². The zero-order valence-corrected chi connectivity index (χ0v) is 22.0. The predicted molar refractivity (Wildman–Crippen MR) is 144 cm³/mol. The van der Waals surface area contributed by atoms with Crippen LogP contribution in [0.4, 0.5) is 11.4 Å². The molecule has 0 bridgehead atoms. The topological polar surface area (TPSA) is 101 Å². The Morgan fingerprint density at radius 2 is 1.54 bits per heavy atom. The highest BCUT2D eigenvalue weighted by Gasteiger charge is 2.31. The lowest BCUT2D eigenvalue weighted by molar-refractivity contribution is -0.135. The molecule has 6 rings (SSSR count). The molecule has 0 unspecified atom stereocenters. The Balaban J connectivity index is 1.21. The van der Waals surface area contributed by atoms with Gasteiger partial charge in [-0.05, 0) is 49.2 Å². The monoisotopic (exact) mass is 534 g/mol. The number of carbonyl (C=O) groups excluding carboxylic acids is 3. The van der Waals surface area contributed by atoms with Gasteiger partial charge in [0, 0.05) is 62.1 Å². The predicted octanol–water partition coefficient (Wildman–Crippen LogP) is 2.98. The van der Waals surface area contributed by atoms with E-state index in [2.05, 4.69) is 10.2 Å². The summed E-state index contributed by atoms with van der Waals surface area (Å²) in [6.07, 6.45) is 4.27. The fraction of sp³-hybridized carbons (Fsp3) is 0.483. The Labute approximate surface area is 227 Å². The zero-order chi connectivity index (χ0) is 26.8. The Morgan fingerprint density at radius 1 is 0.795 bits per heavy atom. The van der Waals surface area contributed by atoms with Crippen molar-refractivity contribution >= 4 is 29.1 Å². The molecule has 2 aromatic rings. The first-order valence-corrected chi connectivity index (χ1v) is 13.8. The average Bonchev–Trinajstić information content (AvgIpc) is 3.69. The standard InChI is InChI=1S/C29H34N4O6/c34-27(21-5-8-25-26(17-21)39-19-38-25)30-22-6-7-24(23(18-22)29(36)33-13-15-37-16-14-33)31-9-11-32(12-10-31)28(35)20-3-1-2-4-20/h5-8,17-18,20H,1-4,9-16,19H2,(H,30,34). The van der Waals surface area contributed by atoms with Crippen molar-refractivity contribution in [1.29, 1.82) is 0 Å². The van der Waals surface area contributed by atoms with Gasteiger partial charge in [0.2, 0.25) is 12.7 Å². The molecule has 10 heteroatoms. The number of hydrogen-bond donors (Lipinski definition) is 1. The summed E-state index contributed by atoms with van der Waals surface area (Å²) in [5.74, 6) is 1.20. The summed E-state index contributed by atoms with van der Waals surface area (Å²) in [5, 5.41) is 2.93. The van der Waals surface area contributed by atoms with Gasteiger partial charge in [-0.1, -0.05) is 12.8 Å². The SMILES string of the molecule is O=C(Nc1ccc(N2CCN(C(=O)C3CCCC3)CC2)c(C(=O)N2CCOCC2)c1)c1ccc2c(c1)OCO2. The summed E-state index contributed by atoms with van der Waals surface area (Å²) < 4.78 is 16.2. The molecule has 39 heavy (non-hydrogen) atoms. The Kier molecular flexibility index (Phi) is 7.28. The molecule has 1 N–H and O–H groups in total. The maximum absolute atomic E-state index is 13.7. The smallest absolute Gasteiger partial charge is 0.256 e. The number of morpholine rings is 1. The highest BCUT2D eigenvalue weighted by atomic mass is 16.7. The van der Waals surface area contributed by atoms with Gasteiger partial charge < -0.3 is 34.2 Å². The van der Waals surface area contributed by atoms with E-state index in [0.717, 1.165) is 31.4 Å². The number of anilines is 2. The molecular weight excluding hydrogens is 500 g/mol. The number of hydrogen-bond acceptors (Lipinski definition) is 7. The summed E-state index contributed by atoms with van der Waals surface area (Å²) in [6, 6.07) is 10.5. The van der Waals surface area contributed by atoms with Gasteiger partial charge in [-0.25, -0.2) is 0 Å². The minimum atomic E-state index is -0.301. The van der Waals surface area contributed by atoms with Gasteiger partial charge in [-0.3, -0.25) is 14.4 Å². The highest BCUT2D eigenvalue weighted by molar-refractivity contribution is 6.06. The van der Waals surface area contributed by atoms with Crippen LogP contribution in [0.3, 0.4) is 0 Å². The Morgan fingerprint density at radius 3 is 2.31 bits per heavy atom. The number of ether oxygens (including phenoxy) is 3. The normalized spacial score (nSPS) is 19.3. The molecule has 3 heterocycles. The molecule has 0 spiro atoms. The van der Waals surface area contributed by atoms with Gasteiger partial charge in [0.15, 0.2) is 11.5 Å². The lowest BCUT2D eigenvalue weighted by Gasteiger charge is -2.38. The molecule has 10 nitrogen and oxygen atoms in total. The fourth-order valence-corrected chi connectivity index (χ4v) is 5.84. The van der Waals surface area contributed by atoms with E-state index in [4.69, 9.17) is 14.2 Å². The van der Waals surface area contributed by atoms with Crippen molar-refractivity contribution in [3.05, 3.63) is 47.5 Å². The highest BCUT2D eigenvalue weighted by Crippen LogP contribution is 2.33. The lowest BCUT2D eigenvalue weighted by atomic mass is 10.0. The maximum atomic E-state index is 13.7. The van der Waals surface area contributed by atoms with E-state index in [1.807, 2.05) is 17.0 Å². The molecule has 3 amide bonds. The number of carbonyl (C=O) groups is 3. The third kappa shape index (κ3) is 5.38. The van der Waals surface area contributed by atoms with Crippen LogP contribution in [-0.2, 0) is 9.53 Å². The van der Waals surface area contributed by atoms with E-state index < -0.39 is 0 Å². The number of rotatable bonds is 5. The van der Waals surface area contributed by atoms with Crippen LogP contribution in [0.1, 0.15) is 46.4 Å². The molecular formula is C29H34N4O6. The largest absolute Gasteiger partial charge is 0.454 e. The molecule has 3 fully saturated rings. The number of nitrogens with zero attached hydrogens (tertiary/aromatic N) is 3. The van der Waals surface area contributed by atoms with Crippen molar-refractivity contribution in [3.63, 3.8) is 0 Å². The third-order valence-electron chi connectivity index (χ3n) is 8.05. The van der Waals surface area contributed by atoms with Crippen molar-refractivity contribution in [1.82, 2.24) is 9.80 Å². The first-order chi connectivity index (χ1) is 19.1. The van der Waals surface area contributed by atoms with Crippen LogP contribution in [0.15, 0.2) is 36.4 Å². The zero-order valence-electron chi connectivity index (χ0n) is 22.0. The van der Waals surface area contributed by atoms with Crippen molar-refractivity contribution in [2.45, 2.75) is 25.7 Å². The van der Waals surface area contributed by atoms with Gasteiger partial charge in [0.05, 0.1) is 18.8 Å². The number of fused-ring (bicyclic) bond motifs is 1. The van der Waals surface area contributed by atoms with Gasteiger partial charge in [-0.15, -0.1) is 0 Å². The number of benzene rings is 2. The summed E-state index contributed by atoms with van der Waals surface area (Å²) in [4.78, 5) is 45.6. The van der Waals surface area contributed by atoms with Crippen molar-refractivity contribution in [3.8, 4) is 11.5 Å². The van der Waals surface area contributed by atoms with E-state index in [9.17, 15) is 14.4 Å². The Bertz CT molecular complexity index is 1250. The maximum Gasteiger partial charge on any atom is 0.256 e.